The SMILES string of the molecule is C=N/C=C\C=C(/C)c1nc(-c2cnc(N)cc2C(F)F)nc(N2CCOC[C@H]2C)n1. The third-order valence-electron chi connectivity index (χ3n) is 4.57. The number of nitrogens with zero attached hydrogens (tertiary/aromatic N) is 6. The molecule has 0 aromatic carbocycles. The predicted octanol–water partition coefficient (Wildman–Crippen LogP) is 3.30. The second-order valence-electron chi connectivity index (χ2n) is 6.77. The number of nitrogens with two attached hydrogens (primary N) is 1. The van der Waals surface area contributed by atoms with Gasteiger partial charge in [-0.25, -0.2) is 18.7 Å². The van der Waals surface area contributed by atoms with E-state index < -0.39 is 6.43 Å². The van der Waals surface area contributed by atoms with E-state index >= 15 is 0 Å². The lowest BCUT2D eigenvalue weighted by molar-refractivity contribution is 0.0980. The molecule has 0 unspecified atom stereocenters. The van der Waals surface area contributed by atoms with Gasteiger partial charge in [0.15, 0.2) is 11.6 Å². The Bertz CT molecular complexity index is 978. The first-order chi connectivity index (χ1) is 14.4. The van der Waals surface area contributed by atoms with Crippen LogP contribution in [0.1, 0.15) is 31.7 Å². The van der Waals surface area contributed by atoms with Gasteiger partial charge in [0.25, 0.3) is 6.43 Å². The van der Waals surface area contributed by atoms with Crippen molar-refractivity contribution in [2.75, 3.05) is 30.4 Å². The third-order valence-corrected chi connectivity index (χ3v) is 4.57. The summed E-state index contributed by atoms with van der Waals surface area (Å²) in [6.07, 6.45) is 3.49. The van der Waals surface area contributed by atoms with E-state index in [0.29, 0.717) is 37.1 Å². The minimum Gasteiger partial charge on any atom is -0.384 e. The number of rotatable bonds is 6. The number of hydrogen-bond acceptors (Lipinski definition) is 8. The van der Waals surface area contributed by atoms with Crippen LogP contribution in [0.25, 0.3) is 17.0 Å². The summed E-state index contributed by atoms with van der Waals surface area (Å²) in [6, 6.07) is 1.16. The summed E-state index contributed by atoms with van der Waals surface area (Å²) in [7, 11) is 0. The van der Waals surface area contributed by atoms with Crippen molar-refractivity contribution in [1.29, 1.82) is 0 Å². The number of alkyl halides is 2. The standard InChI is InChI=1S/C20H23F2N7O/c1-12(5-4-6-24-3)18-26-19(15-10-25-16(23)9-14(15)17(21)22)28-20(27-18)29-7-8-30-11-13(29)2/h4-6,9-10,13,17H,3,7-8,11H2,1-2H3,(H2,23,25)/b6-4-,12-5+/t13-/m1/s1. The maximum absolute atomic E-state index is 13.7. The van der Waals surface area contributed by atoms with Gasteiger partial charge in [-0.15, -0.1) is 0 Å². The highest BCUT2D eigenvalue weighted by Crippen LogP contribution is 2.31. The van der Waals surface area contributed by atoms with Gasteiger partial charge in [-0.2, -0.15) is 9.97 Å². The van der Waals surface area contributed by atoms with Gasteiger partial charge in [0.2, 0.25) is 5.95 Å². The number of allylic oxidation sites excluding steroid dienone is 3. The fourth-order valence-corrected chi connectivity index (χ4v) is 2.99. The van der Waals surface area contributed by atoms with Gasteiger partial charge in [-0.1, -0.05) is 6.08 Å². The molecule has 1 aliphatic heterocycles. The van der Waals surface area contributed by atoms with E-state index in [-0.39, 0.29) is 28.8 Å². The Morgan fingerprint density at radius 1 is 1.40 bits per heavy atom. The zero-order valence-corrected chi connectivity index (χ0v) is 16.8. The van der Waals surface area contributed by atoms with Gasteiger partial charge in [-0.3, -0.25) is 4.99 Å². The van der Waals surface area contributed by atoms with Crippen LogP contribution in [0, 0.1) is 0 Å². The van der Waals surface area contributed by atoms with Gasteiger partial charge in [-0.05, 0) is 38.3 Å². The molecule has 30 heavy (non-hydrogen) atoms. The van der Waals surface area contributed by atoms with E-state index in [1.165, 1.54) is 12.4 Å². The molecule has 0 saturated carbocycles. The van der Waals surface area contributed by atoms with Crippen molar-refractivity contribution in [3.05, 3.63) is 42.0 Å². The molecule has 10 heteroatoms. The average molecular weight is 415 g/mol. The summed E-state index contributed by atoms with van der Waals surface area (Å²) in [6.45, 7) is 8.81. The molecule has 2 aromatic heterocycles. The summed E-state index contributed by atoms with van der Waals surface area (Å²) in [4.78, 5) is 23.1. The van der Waals surface area contributed by atoms with Gasteiger partial charge in [0, 0.05) is 30.1 Å². The monoisotopic (exact) mass is 415 g/mol. The molecule has 0 bridgehead atoms. The normalized spacial score (nSPS) is 17.7. The molecule has 0 amide bonds. The zero-order chi connectivity index (χ0) is 21.7. The van der Waals surface area contributed by atoms with Gasteiger partial charge >= 0.3 is 0 Å². The first-order valence-corrected chi connectivity index (χ1v) is 9.34. The van der Waals surface area contributed by atoms with Crippen LogP contribution < -0.4 is 10.6 Å². The summed E-state index contributed by atoms with van der Waals surface area (Å²) in [5.74, 6) is 0.861. The number of hydrogen-bond donors (Lipinski definition) is 1. The number of aliphatic imine (C=N–C) groups is 1. The highest BCUT2D eigenvalue weighted by Gasteiger charge is 2.25. The number of anilines is 2. The Kier molecular flexibility index (Phi) is 6.78. The molecule has 0 aliphatic carbocycles. The molecule has 1 saturated heterocycles. The molecule has 2 N–H and O–H groups in total. The summed E-state index contributed by atoms with van der Waals surface area (Å²) >= 11 is 0. The van der Waals surface area contributed by atoms with Crippen LogP contribution >= 0.6 is 0 Å². The molecule has 2 aromatic rings. The minimum absolute atomic E-state index is 0.00323. The van der Waals surface area contributed by atoms with Gasteiger partial charge in [0.05, 0.1) is 19.3 Å². The van der Waals surface area contributed by atoms with Crippen molar-refractivity contribution in [1.82, 2.24) is 19.9 Å². The number of pyridine rings is 1. The second-order valence-corrected chi connectivity index (χ2v) is 6.77. The van der Waals surface area contributed by atoms with Crippen LogP contribution in [0.4, 0.5) is 20.5 Å². The van der Waals surface area contributed by atoms with Gasteiger partial charge in [0.1, 0.15) is 5.82 Å². The Morgan fingerprint density at radius 3 is 2.90 bits per heavy atom. The topological polar surface area (TPSA) is 102 Å². The summed E-state index contributed by atoms with van der Waals surface area (Å²) < 4.78 is 32.8. The number of nitrogen functional groups attached to an aromatic ring is 1. The smallest absolute Gasteiger partial charge is 0.264 e. The molecule has 1 fully saturated rings. The minimum atomic E-state index is -2.76. The highest BCUT2D eigenvalue weighted by molar-refractivity contribution is 5.67. The van der Waals surface area contributed by atoms with E-state index in [4.69, 9.17) is 10.5 Å². The Morgan fingerprint density at radius 2 is 2.20 bits per heavy atom. The van der Waals surface area contributed by atoms with Crippen molar-refractivity contribution in [2.45, 2.75) is 26.3 Å². The van der Waals surface area contributed by atoms with E-state index in [1.54, 1.807) is 12.2 Å². The van der Waals surface area contributed by atoms with Crippen LogP contribution in [0.3, 0.4) is 0 Å². The summed E-state index contributed by atoms with van der Waals surface area (Å²) in [5.41, 5.74) is 6.15. The maximum Gasteiger partial charge on any atom is 0.264 e. The van der Waals surface area contributed by atoms with E-state index in [1.807, 2.05) is 18.7 Å². The largest absolute Gasteiger partial charge is 0.384 e. The maximum atomic E-state index is 13.7. The van der Waals surface area contributed by atoms with E-state index in [9.17, 15) is 8.78 Å². The Labute approximate surface area is 173 Å². The third kappa shape index (κ3) is 4.82. The Hall–Kier alpha value is -3.27. The van der Waals surface area contributed by atoms with Crippen LogP contribution in [-0.4, -0.2) is 52.5 Å². The molecular weight excluding hydrogens is 392 g/mol. The zero-order valence-electron chi connectivity index (χ0n) is 16.8. The molecule has 0 spiro atoms. The summed E-state index contributed by atoms with van der Waals surface area (Å²) in [5, 5.41) is 0. The number of ether oxygens (including phenoxy) is 1. The number of halogens is 2. The number of aromatic nitrogens is 4. The van der Waals surface area contributed by atoms with Crippen molar-refractivity contribution < 1.29 is 13.5 Å². The molecule has 1 aliphatic rings. The van der Waals surface area contributed by atoms with Gasteiger partial charge < -0.3 is 15.4 Å². The highest BCUT2D eigenvalue weighted by atomic mass is 19.3. The molecule has 1 atom stereocenters. The van der Waals surface area contributed by atoms with Crippen molar-refractivity contribution in [2.24, 2.45) is 4.99 Å². The lowest BCUT2D eigenvalue weighted by atomic mass is 10.1. The first kappa shape index (κ1) is 21.4. The fourth-order valence-electron chi connectivity index (χ4n) is 2.99. The predicted molar refractivity (Wildman–Crippen MR) is 112 cm³/mol. The van der Waals surface area contributed by atoms with E-state index in [0.717, 1.165) is 6.07 Å². The van der Waals surface area contributed by atoms with Crippen LogP contribution in [0.15, 0.2) is 35.6 Å². The van der Waals surface area contributed by atoms with Crippen LogP contribution in [0.5, 0.6) is 0 Å². The molecule has 3 rings (SSSR count). The number of morpholine rings is 1. The molecule has 0 radical (unpaired) electrons. The first-order valence-electron chi connectivity index (χ1n) is 9.34. The van der Waals surface area contributed by atoms with Crippen molar-refractivity contribution in [3.63, 3.8) is 0 Å². The molecule has 8 nitrogen and oxygen atoms in total. The molecule has 158 valence electrons. The quantitative estimate of drug-likeness (QED) is 0.570. The van der Waals surface area contributed by atoms with Crippen LogP contribution in [0.2, 0.25) is 0 Å². The van der Waals surface area contributed by atoms with Crippen LogP contribution in [-0.2, 0) is 4.74 Å². The molecular formula is C20H23F2N7O. The van der Waals surface area contributed by atoms with Crippen molar-refractivity contribution >= 4 is 24.1 Å². The van der Waals surface area contributed by atoms with E-state index in [2.05, 4.69) is 31.6 Å². The molecule has 3 heterocycles. The average Bonchev–Trinajstić information content (AvgIpc) is 2.73. The fraction of sp³-hybridized carbons (Fsp3) is 0.350. The Balaban J connectivity index is 2.16. The van der Waals surface area contributed by atoms with Crippen molar-refractivity contribution in [3.8, 4) is 11.4 Å². The lowest BCUT2D eigenvalue weighted by Crippen LogP contribution is -2.44. The lowest BCUT2D eigenvalue weighted by Gasteiger charge is -2.33. The second kappa shape index (κ2) is 9.49.